The number of benzene rings is 5. The van der Waals surface area contributed by atoms with E-state index in [0.717, 1.165) is 46.7 Å². The molecule has 298 valence electrons. The van der Waals surface area contributed by atoms with E-state index in [4.69, 9.17) is 14.2 Å². The molecule has 5 aromatic rings. The maximum atomic E-state index is 7.50. The van der Waals surface area contributed by atoms with E-state index in [0.29, 0.717) is 13.0 Å². The van der Waals surface area contributed by atoms with Crippen molar-refractivity contribution in [3.8, 4) is 11.5 Å². The van der Waals surface area contributed by atoms with Gasteiger partial charge in [0.15, 0.2) is 31.0 Å². The van der Waals surface area contributed by atoms with Crippen molar-refractivity contribution in [2.24, 2.45) is 0 Å². The second-order valence-corrected chi connectivity index (χ2v) is 22.2. The third-order valence-corrected chi connectivity index (χ3v) is 16.9. The highest BCUT2D eigenvalue weighted by molar-refractivity contribution is 7.78. The van der Waals surface area contributed by atoms with Crippen LogP contribution < -0.4 is 20.1 Å². The molecule has 1 saturated heterocycles. The van der Waals surface area contributed by atoms with E-state index in [-0.39, 0.29) is 22.9 Å². The first-order chi connectivity index (χ1) is 27.8. The predicted molar refractivity (Wildman–Crippen MR) is 237 cm³/mol. The molecule has 1 spiro atoms. The molecule has 0 N–H and O–H groups in total. The van der Waals surface area contributed by atoms with Crippen molar-refractivity contribution >= 4 is 35.8 Å². The molecule has 6 nitrogen and oxygen atoms in total. The van der Waals surface area contributed by atoms with Gasteiger partial charge in [-0.25, -0.2) is 4.33 Å². The van der Waals surface area contributed by atoms with Crippen molar-refractivity contribution < 1.29 is 27.7 Å². The van der Waals surface area contributed by atoms with Crippen LogP contribution in [0.2, 0.25) is 0 Å². The van der Waals surface area contributed by atoms with Gasteiger partial charge in [0.2, 0.25) is 17.8 Å². The minimum Gasteiger partial charge on any atom is -0.366 e. The van der Waals surface area contributed by atoms with Gasteiger partial charge in [0, 0.05) is 46.7 Å². The third kappa shape index (κ3) is 6.48. The van der Waals surface area contributed by atoms with E-state index in [1.54, 1.807) is 0 Å². The predicted octanol–water partition coefficient (Wildman–Crippen LogP) is 10.2. The lowest BCUT2D eigenvalue weighted by Crippen LogP contribution is -2.60. The second-order valence-electron chi connectivity index (χ2n) is 18.8. The molecular weight excluding hydrogens is 734 g/mol. The average Bonchev–Trinajstić information content (AvgIpc) is 3.49. The van der Waals surface area contributed by atoms with Gasteiger partial charge in [-0.15, -0.1) is 0 Å². The monoisotopic (exact) mass is 792 g/mol. The number of fused-ring (bicyclic) bond motifs is 5. The van der Waals surface area contributed by atoms with Crippen molar-refractivity contribution in [1.82, 2.24) is 0 Å². The quantitative estimate of drug-likeness (QED) is 0.122. The summed E-state index contributed by atoms with van der Waals surface area (Å²) in [5.74, 6) is 1.76. The number of hydrogen-bond donors (Lipinski definition) is 0. The van der Waals surface area contributed by atoms with Crippen LogP contribution in [0.4, 0.5) is 5.69 Å². The lowest BCUT2D eigenvalue weighted by Gasteiger charge is -2.33. The van der Waals surface area contributed by atoms with Crippen molar-refractivity contribution in [3.63, 3.8) is 0 Å². The summed E-state index contributed by atoms with van der Waals surface area (Å²) in [5.41, 5.74) is 7.99. The highest BCUT2D eigenvalue weighted by Crippen LogP contribution is 2.51. The van der Waals surface area contributed by atoms with Crippen LogP contribution in [0.5, 0.6) is 11.5 Å². The summed E-state index contributed by atoms with van der Waals surface area (Å²) in [6, 6.07) is 41.2. The fourth-order valence-electron chi connectivity index (χ4n) is 9.71. The number of nitrogens with zero attached hydrogens (tertiary/aromatic N) is 3. The summed E-state index contributed by atoms with van der Waals surface area (Å²) in [5, 5.41) is 2.55. The molecule has 0 aromatic heterocycles. The lowest BCUT2D eigenvalue weighted by molar-refractivity contribution is -0.866. The number of para-hydroxylation sites is 1. The minimum atomic E-state index is -2.31. The van der Waals surface area contributed by atoms with Gasteiger partial charge in [0.1, 0.15) is 13.4 Å². The van der Waals surface area contributed by atoms with Gasteiger partial charge in [-0.2, -0.15) is 0 Å². The molecule has 7 heteroatoms. The summed E-state index contributed by atoms with van der Waals surface area (Å²) >= 11 is 0. The fraction of sp³-hybridized carbons (Fsp3) is 0.373. The van der Waals surface area contributed by atoms with Crippen molar-refractivity contribution in [1.29, 1.82) is 0 Å². The number of ether oxygens (including phenoxy) is 3. The van der Waals surface area contributed by atoms with Crippen molar-refractivity contribution in [2.45, 2.75) is 110 Å². The van der Waals surface area contributed by atoms with Crippen LogP contribution in [0.3, 0.4) is 0 Å². The Morgan fingerprint density at radius 2 is 1.22 bits per heavy atom. The summed E-state index contributed by atoms with van der Waals surface area (Å²) in [4.78, 5) is 0. The summed E-state index contributed by atoms with van der Waals surface area (Å²) in [6.45, 7) is 16.3. The van der Waals surface area contributed by atoms with Crippen LogP contribution in [-0.2, 0) is 22.2 Å². The first kappa shape index (κ1) is 38.7. The smallest absolute Gasteiger partial charge is 0.366 e. The number of aryl methyl sites for hydroxylation is 1. The van der Waals surface area contributed by atoms with E-state index in [1.807, 2.05) is 0 Å². The van der Waals surface area contributed by atoms with Crippen LogP contribution in [-0.4, -0.2) is 57.4 Å². The van der Waals surface area contributed by atoms with E-state index < -0.39 is 13.1 Å². The lowest BCUT2D eigenvalue weighted by atomic mass is 9.79. The normalized spacial score (nSPS) is 20.9. The van der Waals surface area contributed by atoms with Crippen LogP contribution in [0.15, 0.2) is 115 Å². The summed E-state index contributed by atoms with van der Waals surface area (Å²) in [7, 11) is -0.0813. The third-order valence-electron chi connectivity index (χ3n) is 12.8. The molecule has 0 bridgehead atoms. The van der Waals surface area contributed by atoms with Crippen molar-refractivity contribution in [3.05, 3.63) is 149 Å². The van der Waals surface area contributed by atoms with Gasteiger partial charge in [0.05, 0.1) is 17.7 Å². The van der Waals surface area contributed by atoms with Gasteiger partial charge in [-0.1, -0.05) is 111 Å². The molecular formula is C51H59N3O3P+3. The Labute approximate surface area is 345 Å². The van der Waals surface area contributed by atoms with Crippen LogP contribution >= 0.6 is 7.05 Å². The minimum absolute atomic E-state index is 0.0000381. The Morgan fingerprint density at radius 1 is 0.690 bits per heavy atom. The molecule has 3 aliphatic heterocycles. The Morgan fingerprint density at radius 3 is 1.78 bits per heavy atom. The zero-order valence-corrected chi connectivity index (χ0v) is 36.4. The molecule has 58 heavy (non-hydrogen) atoms. The highest BCUT2D eigenvalue weighted by atomic mass is 31.2. The average molecular weight is 793 g/mol. The Hall–Kier alpha value is -4.77. The standard InChI is InChI=1S/C51H59N3O3P/c1-36-28-37-32-53-45-26-18-19-27-46(45)54-33-38-30-40(49(2,3)4)31-44(50(5,6)7)48(38)57-51(53,54)56-47(37)39(29-36)34-55-35-58(42-22-14-10-15-23-42,43-24-16-11-17-25-43)52(8)41-20-12-9-13-21-41/h9-17,20-25,28-33,45-46H,18-19,26-27,34-35H2,1-8H3/q+3. The topological polar surface area (TPSA) is 36.7 Å². The zero-order valence-electron chi connectivity index (χ0n) is 35.5. The molecule has 1 saturated carbocycles. The van der Waals surface area contributed by atoms with Gasteiger partial charge >= 0.3 is 6.03 Å². The van der Waals surface area contributed by atoms with E-state index in [2.05, 4.69) is 197 Å². The summed E-state index contributed by atoms with van der Waals surface area (Å²) < 4.78 is 29.4. The van der Waals surface area contributed by atoms with E-state index in [9.17, 15) is 0 Å². The molecule has 4 aliphatic rings. The van der Waals surface area contributed by atoms with Crippen molar-refractivity contribution in [2.75, 3.05) is 13.4 Å². The summed E-state index contributed by atoms with van der Waals surface area (Å²) in [6.07, 6.45) is 9.84. The molecule has 3 heterocycles. The zero-order chi connectivity index (χ0) is 40.5. The van der Waals surface area contributed by atoms with Gasteiger partial charge < -0.3 is 14.2 Å². The fourth-order valence-corrected chi connectivity index (χ4v) is 13.4. The van der Waals surface area contributed by atoms with Crippen LogP contribution in [0.1, 0.15) is 101 Å². The molecule has 9 rings (SSSR count). The Kier molecular flexibility index (Phi) is 9.68. The van der Waals surface area contributed by atoms with Crippen LogP contribution in [0, 0.1) is 6.92 Å². The van der Waals surface area contributed by atoms with Gasteiger partial charge in [-0.3, -0.25) is 0 Å². The second kappa shape index (κ2) is 14.5. The van der Waals surface area contributed by atoms with Crippen LogP contribution in [0.25, 0.3) is 0 Å². The maximum absolute atomic E-state index is 7.50. The first-order valence-electron chi connectivity index (χ1n) is 21.1. The van der Waals surface area contributed by atoms with Gasteiger partial charge in [-0.05, 0) is 84.2 Å². The van der Waals surface area contributed by atoms with E-state index in [1.165, 1.54) is 40.1 Å². The molecule has 3 unspecified atom stereocenters. The molecule has 2 fully saturated rings. The van der Waals surface area contributed by atoms with E-state index >= 15 is 0 Å². The molecule has 1 aliphatic carbocycles. The molecule has 0 radical (unpaired) electrons. The maximum Gasteiger partial charge on any atom is 0.704 e. The molecule has 5 aromatic carbocycles. The molecule has 3 atom stereocenters. The highest BCUT2D eigenvalue weighted by Gasteiger charge is 2.76. The molecule has 0 amide bonds. The SMILES string of the molecule is Cc1cc2c(c(COCP(c3ccccc3)(c3ccccc3)=[N+](C)c3ccccc3)c1)OC13Oc4c(cc(C(C)(C)C)cc4C(C)(C)C)C=[N+]1C1CCCCC1[N+]3=C2. The number of hydrogen-bond acceptors (Lipinski definition) is 3. The van der Waals surface area contributed by atoms with Gasteiger partial charge in [0.25, 0.3) is 0 Å². The number of rotatable bonds is 7. The largest absolute Gasteiger partial charge is 0.704 e. The first-order valence-corrected chi connectivity index (χ1v) is 23.1. The Balaban J connectivity index is 1.15. The Bertz CT molecular complexity index is 2450.